The molecule has 1 saturated heterocycles. The summed E-state index contributed by atoms with van der Waals surface area (Å²) in [4.78, 5) is 60.6. The van der Waals surface area contributed by atoms with Gasteiger partial charge in [0.15, 0.2) is 11.5 Å². The fourth-order valence-corrected chi connectivity index (χ4v) is 9.52. The van der Waals surface area contributed by atoms with Gasteiger partial charge in [-0.25, -0.2) is 22.6 Å². The molecule has 7 rings (SSSR count). The third-order valence-electron chi connectivity index (χ3n) is 11.6. The van der Waals surface area contributed by atoms with Crippen LogP contribution in [0, 0.1) is 17.8 Å². The van der Waals surface area contributed by atoms with Crippen LogP contribution in [0.15, 0.2) is 36.5 Å². The molecule has 0 bridgehead atoms. The van der Waals surface area contributed by atoms with Crippen molar-refractivity contribution in [1.82, 2.24) is 25.2 Å². The lowest BCUT2D eigenvalue weighted by Crippen LogP contribution is -2.59. The Kier molecular flexibility index (Phi) is 10.1. The summed E-state index contributed by atoms with van der Waals surface area (Å²) in [7, 11) is -4.39. The average molecular weight is 772 g/mol. The number of hydrogen-bond acceptors (Lipinski definition) is 10. The van der Waals surface area contributed by atoms with Crippen LogP contribution < -0.4 is 29.6 Å². The number of fused-ring (bicyclic) bond motifs is 5. The monoisotopic (exact) mass is 771 g/mol. The number of amides is 4. The molecule has 54 heavy (non-hydrogen) atoms. The first kappa shape index (κ1) is 37.6. The van der Waals surface area contributed by atoms with Crippen molar-refractivity contribution in [2.45, 2.75) is 93.7 Å². The normalized spacial score (nSPS) is 30.5. The number of allylic oxidation sites excluding steroid dienone is 1. The molecule has 0 unspecified atom stereocenters. The number of sulfonamides is 1. The lowest BCUT2D eigenvalue weighted by Gasteiger charge is -2.33. The SMILES string of the molecule is CC[C@@H]1C[C@H](C)CCC=C[C@@H]2C[C@@]2(C(=O)NS(=O)(=O)C2(CF)CC2)NC(=O)[C@@H]2C[C@@H](Oc3nccc4c5c(ccc34)OCCO5)CN2C(=O)[C@H]1NC(=O)O. The zero-order valence-corrected chi connectivity index (χ0v) is 31.0. The minimum absolute atomic E-state index is 0.0470. The van der Waals surface area contributed by atoms with Crippen LogP contribution in [0.3, 0.4) is 0 Å². The zero-order valence-electron chi connectivity index (χ0n) is 30.2. The number of halogens is 1. The molecule has 2 aromatic rings. The van der Waals surface area contributed by atoms with Crippen LogP contribution >= 0.6 is 0 Å². The molecule has 7 atom stereocenters. The first-order valence-electron chi connectivity index (χ1n) is 18.6. The molecule has 15 nitrogen and oxygen atoms in total. The highest BCUT2D eigenvalue weighted by molar-refractivity contribution is 7.91. The average Bonchev–Trinajstić information content (AvgIpc) is 4.05. The van der Waals surface area contributed by atoms with E-state index >= 15 is 0 Å². The van der Waals surface area contributed by atoms with Crippen molar-refractivity contribution < 1.29 is 51.3 Å². The van der Waals surface area contributed by atoms with Gasteiger partial charge < -0.3 is 34.9 Å². The van der Waals surface area contributed by atoms with Crippen LogP contribution in [0.25, 0.3) is 10.8 Å². The molecule has 3 aliphatic heterocycles. The van der Waals surface area contributed by atoms with Gasteiger partial charge in [0.2, 0.25) is 27.7 Å². The Morgan fingerprint density at radius 2 is 1.93 bits per heavy atom. The van der Waals surface area contributed by atoms with Gasteiger partial charge >= 0.3 is 6.09 Å². The molecular formula is C37H46FN5O10S. The third kappa shape index (κ3) is 7.02. The fraction of sp³-hybridized carbons (Fsp3) is 0.595. The van der Waals surface area contributed by atoms with Gasteiger partial charge in [-0.3, -0.25) is 19.1 Å². The number of nitrogens with zero attached hydrogens (tertiary/aromatic N) is 2. The van der Waals surface area contributed by atoms with Gasteiger partial charge in [0.05, 0.1) is 6.54 Å². The van der Waals surface area contributed by atoms with Gasteiger partial charge in [-0.2, -0.15) is 0 Å². The topological polar surface area (TPSA) is 203 Å². The molecule has 1 aromatic carbocycles. The number of pyridine rings is 1. The van der Waals surface area contributed by atoms with Crippen molar-refractivity contribution in [3.05, 3.63) is 36.5 Å². The molecule has 292 valence electrons. The van der Waals surface area contributed by atoms with Crippen LogP contribution in [0.1, 0.15) is 65.2 Å². The molecule has 5 aliphatic rings. The smallest absolute Gasteiger partial charge is 0.405 e. The molecule has 17 heteroatoms. The zero-order chi connectivity index (χ0) is 38.4. The molecule has 1 aromatic heterocycles. The first-order valence-corrected chi connectivity index (χ1v) is 20.0. The summed E-state index contributed by atoms with van der Waals surface area (Å²) in [6, 6.07) is 2.88. The van der Waals surface area contributed by atoms with E-state index in [2.05, 4.69) is 20.3 Å². The number of rotatable bonds is 8. The minimum atomic E-state index is -4.39. The van der Waals surface area contributed by atoms with Gasteiger partial charge in [-0.1, -0.05) is 32.4 Å². The molecule has 0 radical (unpaired) electrons. The first-order chi connectivity index (χ1) is 25.8. The Hall–Kier alpha value is -4.67. The van der Waals surface area contributed by atoms with E-state index in [0.29, 0.717) is 61.2 Å². The lowest BCUT2D eigenvalue weighted by atomic mass is 9.85. The Morgan fingerprint density at radius 1 is 1.15 bits per heavy atom. The number of hydrogen-bond donors (Lipinski definition) is 4. The van der Waals surface area contributed by atoms with Gasteiger partial charge in [-0.05, 0) is 68.6 Å². The summed E-state index contributed by atoms with van der Waals surface area (Å²) in [5.41, 5.74) is -1.67. The van der Waals surface area contributed by atoms with Crippen molar-refractivity contribution in [2.75, 3.05) is 26.4 Å². The maximum Gasteiger partial charge on any atom is 0.405 e. The molecule has 4 heterocycles. The predicted octanol–water partition coefficient (Wildman–Crippen LogP) is 3.22. The summed E-state index contributed by atoms with van der Waals surface area (Å²) in [6.07, 6.45) is 5.56. The summed E-state index contributed by atoms with van der Waals surface area (Å²) in [5, 5.41) is 16.4. The van der Waals surface area contributed by atoms with Crippen molar-refractivity contribution in [3.63, 3.8) is 0 Å². The van der Waals surface area contributed by atoms with E-state index in [-0.39, 0.29) is 44.0 Å². The highest BCUT2D eigenvalue weighted by Crippen LogP contribution is 2.48. The van der Waals surface area contributed by atoms with Crippen LogP contribution in [0.2, 0.25) is 0 Å². The standard InChI is InChI=1S/C37H46FN5O10S/c1-3-22-16-21(2)6-4-5-7-23-18-37(23,34(46)42-54(49,50)36(20-38)11-12-36)41-31(44)27-17-24(19-43(27)33(45)29(22)40-35(47)48)53-32-26-8-9-28-30(52-15-14-51-28)25(26)10-13-39-32/h5,7-10,13,21-24,27,29,40H,3-4,6,11-12,14-20H2,1-2H3,(H,41,44)(H,42,46)(H,47,48)/t21-,22-,23-,24-,27+,29+,37-/m1/s1. The second-order valence-corrected chi connectivity index (χ2v) is 17.3. The highest BCUT2D eigenvalue weighted by Gasteiger charge is 2.64. The molecule has 2 aliphatic carbocycles. The number of nitrogens with one attached hydrogen (secondary N) is 3. The predicted molar refractivity (Wildman–Crippen MR) is 192 cm³/mol. The van der Waals surface area contributed by atoms with Crippen LogP contribution in [-0.2, 0) is 24.4 Å². The van der Waals surface area contributed by atoms with E-state index in [9.17, 15) is 37.1 Å². The number of carbonyl (C=O) groups excluding carboxylic acids is 3. The van der Waals surface area contributed by atoms with Gasteiger partial charge in [0.1, 0.15) is 48.4 Å². The van der Waals surface area contributed by atoms with E-state index in [1.54, 1.807) is 30.5 Å². The molecule has 4 N–H and O–H groups in total. The minimum Gasteiger partial charge on any atom is -0.486 e. The number of carbonyl (C=O) groups is 4. The summed E-state index contributed by atoms with van der Waals surface area (Å²) >= 11 is 0. The Balaban J connectivity index is 1.22. The Morgan fingerprint density at radius 3 is 2.65 bits per heavy atom. The van der Waals surface area contributed by atoms with Gasteiger partial charge in [0.25, 0.3) is 5.91 Å². The van der Waals surface area contributed by atoms with Gasteiger partial charge in [-0.15, -0.1) is 0 Å². The summed E-state index contributed by atoms with van der Waals surface area (Å²) in [5.74, 6) is -1.85. The van der Waals surface area contributed by atoms with E-state index in [4.69, 9.17) is 14.2 Å². The third-order valence-corrected chi connectivity index (χ3v) is 13.7. The maximum atomic E-state index is 14.5. The maximum absolute atomic E-state index is 14.5. The van der Waals surface area contributed by atoms with Crippen molar-refractivity contribution in [1.29, 1.82) is 0 Å². The molecule has 4 amide bonds. The van der Waals surface area contributed by atoms with Gasteiger partial charge in [0, 0.05) is 29.3 Å². The number of alkyl halides is 1. The van der Waals surface area contributed by atoms with E-state index in [1.165, 1.54) is 4.90 Å². The van der Waals surface area contributed by atoms with Crippen LogP contribution in [0.4, 0.5) is 9.18 Å². The quantitative estimate of drug-likeness (QED) is 0.287. The van der Waals surface area contributed by atoms with Crippen molar-refractivity contribution >= 4 is 44.6 Å². The second kappa shape index (κ2) is 14.5. The number of aromatic nitrogens is 1. The summed E-state index contributed by atoms with van der Waals surface area (Å²) < 4.78 is 58.5. The molecular weight excluding hydrogens is 725 g/mol. The highest BCUT2D eigenvalue weighted by atomic mass is 32.2. The Labute approximate surface area is 312 Å². The molecule has 0 spiro atoms. The number of benzene rings is 1. The van der Waals surface area contributed by atoms with Crippen molar-refractivity contribution in [3.8, 4) is 17.4 Å². The lowest BCUT2D eigenvalue weighted by molar-refractivity contribution is -0.142. The number of ether oxygens (including phenoxy) is 3. The fourth-order valence-electron chi connectivity index (χ4n) is 8.09. The molecule has 2 saturated carbocycles. The van der Waals surface area contributed by atoms with E-state index in [1.807, 2.05) is 19.9 Å². The van der Waals surface area contributed by atoms with Crippen molar-refractivity contribution in [2.24, 2.45) is 17.8 Å². The Bertz CT molecular complexity index is 1970. The van der Waals surface area contributed by atoms with E-state index in [0.717, 1.165) is 0 Å². The number of carboxylic acid groups (broad SMARTS) is 1. The van der Waals surface area contributed by atoms with Crippen LogP contribution in [0.5, 0.6) is 17.4 Å². The molecule has 3 fully saturated rings. The second-order valence-electron chi connectivity index (χ2n) is 15.2. The summed E-state index contributed by atoms with van der Waals surface area (Å²) in [6.45, 7) is 3.42. The van der Waals surface area contributed by atoms with Crippen LogP contribution in [-0.4, -0.2) is 102 Å². The largest absolute Gasteiger partial charge is 0.486 e. The van der Waals surface area contributed by atoms with E-state index < -0.39 is 80.8 Å².